The van der Waals surface area contributed by atoms with Crippen molar-refractivity contribution < 1.29 is 4.79 Å². The van der Waals surface area contributed by atoms with Gasteiger partial charge in [0.25, 0.3) is 0 Å². The van der Waals surface area contributed by atoms with Gasteiger partial charge in [0.05, 0.1) is 16.5 Å². The van der Waals surface area contributed by atoms with Crippen molar-refractivity contribution in [3.63, 3.8) is 0 Å². The summed E-state index contributed by atoms with van der Waals surface area (Å²) in [5.41, 5.74) is 1.59. The van der Waals surface area contributed by atoms with Crippen LogP contribution >= 0.6 is 11.3 Å². The number of thiazole rings is 1. The average Bonchev–Trinajstić information content (AvgIpc) is 3.12. The molecule has 7 heteroatoms. The lowest BCUT2D eigenvalue weighted by Crippen LogP contribution is -2.64. The average molecular weight is 339 g/mol. The number of hydrogen-bond acceptors (Lipinski definition) is 6. The van der Waals surface area contributed by atoms with E-state index in [-0.39, 0.29) is 11.9 Å². The number of piperazine rings is 2. The number of anilines is 1. The quantitative estimate of drug-likeness (QED) is 0.893. The highest BCUT2D eigenvalue weighted by atomic mass is 32.1. The van der Waals surface area contributed by atoms with Gasteiger partial charge in [-0.3, -0.25) is 14.6 Å². The van der Waals surface area contributed by atoms with Gasteiger partial charge in [0.15, 0.2) is 5.13 Å². The molecule has 2 aromatic rings. The molecule has 1 aromatic heterocycles. The molecule has 0 bridgehead atoms. The highest BCUT2D eigenvalue weighted by molar-refractivity contribution is 7.19. The predicted octanol–water partition coefficient (Wildman–Crippen LogP) is 1.30. The molecule has 4 rings (SSSR count). The first kappa shape index (κ1) is 15.3. The molecule has 0 aliphatic carbocycles. The number of carbonyl (C=O) groups excluding carboxylic acids is 1. The van der Waals surface area contributed by atoms with E-state index in [0.717, 1.165) is 35.2 Å². The predicted molar refractivity (Wildman–Crippen MR) is 92.8 cm³/mol. The van der Waals surface area contributed by atoms with E-state index in [1.54, 1.807) is 17.2 Å². The molecular weight excluding hydrogens is 322 g/mol. The Morgan fingerprint density at radius 2 is 2.25 bits per heavy atom. The molecule has 0 unspecified atom stereocenters. The van der Waals surface area contributed by atoms with Gasteiger partial charge in [0, 0.05) is 38.9 Å². The summed E-state index contributed by atoms with van der Waals surface area (Å²) in [5.74, 6) is 0.125. The van der Waals surface area contributed by atoms with E-state index in [1.165, 1.54) is 11.3 Å². The summed E-state index contributed by atoms with van der Waals surface area (Å²) in [5, 5.41) is 13.1. The summed E-state index contributed by atoms with van der Waals surface area (Å²) >= 11 is 1.50. The first-order valence-corrected chi connectivity index (χ1v) is 8.80. The van der Waals surface area contributed by atoms with Crippen molar-refractivity contribution >= 4 is 22.4 Å². The second-order valence-electron chi connectivity index (χ2n) is 5.95. The Hall–Kier alpha value is -2.27. The maximum atomic E-state index is 12.8. The molecule has 2 fully saturated rings. The van der Waals surface area contributed by atoms with Gasteiger partial charge in [-0.1, -0.05) is 23.5 Å². The Bertz CT molecular complexity index is 811. The van der Waals surface area contributed by atoms with Crippen molar-refractivity contribution in [2.75, 3.05) is 37.6 Å². The van der Waals surface area contributed by atoms with E-state index in [0.29, 0.717) is 18.7 Å². The van der Waals surface area contributed by atoms with Gasteiger partial charge in [0.2, 0.25) is 5.91 Å². The van der Waals surface area contributed by atoms with Gasteiger partial charge < -0.3 is 5.32 Å². The van der Waals surface area contributed by atoms with Crippen LogP contribution < -0.4 is 10.2 Å². The molecule has 0 saturated carbocycles. The minimum atomic E-state index is -0.0817. The van der Waals surface area contributed by atoms with Crippen LogP contribution in [0.25, 0.3) is 10.4 Å². The minimum Gasteiger partial charge on any atom is -0.313 e. The number of aromatic nitrogens is 1. The van der Waals surface area contributed by atoms with Gasteiger partial charge in [-0.05, 0) is 17.7 Å². The Morgan fingerprint density at radius 3 is 3.12 bits per heavy atom. The van der Waals surface area contributed by atoms with Gasteiger partial charge in [-0.15, -0.1) is 0 Å². The lowest BCUT2D eigenvalue weighted by Gasteiger charge is -2.42. The maximum absolute atomic E-state index is 12.8. The van der Waals surface area contributed by atoms with Crippen LogP contribution in [0.2, 0.25) is 0 Å². The third-order valence-corrected chi connectivity index (χ3v) is 5.59. The molecule has 2 saturated heterocycles. The molecule has 2 aliphatic heterocycles. The van der Waals surface area contributed by atoms with Gasteiger partial charge >= 0.3 is 0 Å². The van der Waals surface area contributed by atoms with Crippen molar-refractivity contribution in [3.05, 3.63) is 36.0 Å². The standard InChI is InChI=1S/C17H17N5OS/c18-9-12-2-1-3-13(8-12)15-11-20-17(24-15)22-7-6-21-5-4-19-10-14(21)16(22)23/h1-3,8,11,14,19H,4-7,10H2/t14-/m0/s1. The third-order valence-electron chi connectivity index (χ3n) is 4.52. The molecular formula is C17H17N5OS. The molecule has 3 heterocycles. The van der Waals surface area contributed by atoms with E-state index < -0.39 is 0 Å². The molecule has 1 amide bonds. The number of fused-ring (bicyclic) bond motifs is 1. The van der Waals surface area contributed by atoms with Crippen molar-refractivity contribution in [1.82, 2.24) is 15.2 Å². The number of benzene rings is 1. The van der Waals surface area contributed by atoms with Crippen LogP contribution in [0, 0.1) is 11.3 Å². The number of carbonyl (C=O) groups is 1. The molecule has 0 radical (unpaired) electrons. The Balaban J connectivity index is 1.58. The third kappa shape index (κ3) is 2.69. The summed E-state index contributed by atoms with van der Waals surface area (Å²) in [7, 11) is 0. The second kappa shape index (κ2) is 6.32. The van der Waals surface area contributed by atoms with Crippen LogP contribution in [0.5, 0.6) is 0 Å². The lowest BCUT2D eigenvalue weighted by molar-refractivity contribution is -0.126. The second-order valence-corrected chi connectivity index (χ2v) is 6.95. The van der Waals surface area contributed by atoms with Crippen LogP contribution in [0.15, 0.2) is 30.5 Å². The molecule has 122 valence electrons. The van der Waals surface area contributed by atoms with E-state index in [4.69, 9.17) is 5.26 Å². The summed E-state index contributed by atoms with van der Waals surface area (Å²) in [6.07, 6.45) is 1.79. The Kier molecular flexibility index (Phi) is 4.02. The summed E-state index contributed by atoms with van der Waals surface area (Å²) in [6.45, 7) is 4.14. The van der Waals surface area contributed by atoms with E-state index >= 15 is 0 Å². The topological polar surface area (TPSA) is 72.3 Å². The van der Waals surface area contributed by atoms with Gasteiger partial charge in [0.1, 0.15) is 6.04 Å². The highest BCUT2D eigenvalue weighted by Gasteiger charge is 2.37. The van der Waals surface area contributed by atoms with Crippen molar-refractivity contribution in [2.24, 2.45) is 0 Å². The maximum Gasteiger partial charge on any atom is 0.247 e. The molecule has 1 atom stereocenters. The number of nitrogens with zero attached hydrogens (tertiary/aromatic N) is 4. The first-order valence-electron chi connectivity index (χ1n) is 7.99. The minimum absolute atomic E-state index is 0.0817. The zero-order valence-electron chi connectivity index (χ0n) is 13.1. The van der Waals surface area contributed by atoms with Crippen LogP contribution in [0.3, 0.4) is 0 Å². The molecule has 2 aliphatic rings. The fraction of sp³-hybridized carbons (Fsp3) is 0.353. The van der Waals surface area contributed by atoms with Crippen molar-refractivity contribution in [2.45, 2.75) is 6.04 Å². The number of hydrogen-bond donors (Lipinski definition) is 1. The molecule has 1 aromatic carbocycles. The summed E-state index contributed by atoms with van der Waals surface area (Å²) < 4.78 is 0. The van der Waals surface area contributed by atoms with Crippen molar-refractivity contribution in [3.8, 4) is 16.5 Å². The van der Waals surface area contributed by atoms with Crippen LogP contribution in [-0.2, 0) is 4.79 Å². The number of nitriles is 1. The Labute approximate surface area is 144 Å². The number of nitrogens with one attached hydrogen (secondary N) is 1. The Morgan fingerprint density at radius 1 is 1.33 bits per heavy atom. The van der Waals surface area contributed by atoms with Crippen molar-refractivity contribution in [1.29, 1.82) is 5.26 Å². The van der Waals surface area contributed by atoms with Gasteiger partial charge in [-0.25, -0.2) is 4.98 Å². The van der Waals surface area contributed by atoms with E-state index in [1.807, 2.05) is 18.2 Å². The molecule has 0 spiro atoms. The fourth-order valence-electron chi connectivity index (χ4n) is 3.23. The summed E-state index contributed by atoms with van der Waals surface area (Å²) in [6, 6.07) is 9.53. The zero-order valence-corrected chi connectivity index (χ0v) is 13.9. The number of rotatable bonds is 2. The monoisotopic (exact) mass is 339 g/mol. The largest absolute Gasteiger partial charge is 0.313 e. The fourth-order valence-corrected chi connectivity index (χ4v) is 4.17. The normalized spacial score (nSPS) is 21.4. The van der Waals surface area contributed by atoms with Crippen LogP contribution in [0.1, 0.15) is 5.56 Å². The van der Waals surface area contributed by atoms with Gasteiger partial charge in [-0.2, -0.15) is 5.26 Å². The van der Waals surface area contributed by atoms with Crippen LogP contribution in [-0.4, -0.2) is 54.6 Å². The smallest absolute Gasteiger partial charge is 0.247 e. The SMILES string of the molecule is N#Cc1cccc(-c2cnc(N3CCN4CCNC[C@H]4C3=O)s2)c1. The number of amides is 1. The molecule has 24 heavy (non-hydrogen) atoms. The summed E-state index contributed by atoms with van der Waals surface area (Å²) in [4.78, 5) is 22.3. The molecule has 6 nitrogen and oxygen atoms in total. The van der Waals surface area contributed by atoms with Crippen LogP contribution in [0.4, 0.5) is 5.13 Å². The lowest BCUT2D eigenvalue weighted by atomic mass is 10.1. The van der Waals surface area contributed by atoms with E-state index in [2.05, 4.69) is 21.3 Å². The highest BCUT2D eigenvalue weighted by Crippen LogP contribution is 2.32. The zero-order chi connectivity index (χ0) is 16.5. The molecule has 1 N–H and O–H groups in total. The van der Waals surface area contributed by atoms with E-state index in [9.17, 15) is 4.79 Å². The first-order chi connectivity index (χ1) is 11.8.